The van der Waals surface area contributed by atoms with Gasteiger partial charge in [-0.3, -0.25) is 9.59 Å². The van der Waals surface area contributed by atoms with Crippen molar-refractivity contribution >= 4 is 48.9 Å². The highest BCUT2D eigenvalue weighted by Crippen LogP contribution is 2.95. The van der Waals surface area contributed by atoms with Crippen LogP contribution < -0.4 is 20.7 Å². The van der Waals surface area contributed by atoms with Gasteiger partial charge in [0, 0.05) is 76.2 Å². The lowest BCUT2D eigenvalue weighted by molar-refractivity contribution is -0.513. The largest absolute Gasteiger partial charge is 0.407 e. The van der Waals surface area contributed by atoms with Crippen LogP contribution in [0.25, 0.3) is 0 Å². The molecule has 60 heavy (non-hydrogen) atoms. The molecule has 0 saturated heterocycles. The minimum atomic E-state index is -3.11. The van der Waals surface area contributed by atoms with Gasteiger partial charge in [0.15, 0.2) is 11.6 Å². The lowest BCUT2D eigenvalue weighted by Gasteiger charge is -2.94. The maximum atomic E-state index is 15.4. The standard InChI is InChI=1S/C50H60O8Si2/c1-45(2,3)59(33-23-15-11-16-24-33,34-25-17-12-18-26-34)57-31-47-37-39-40-38(41(47)43(51)49(39,53-7)54-8)48(47,42(37)44(52)50(40,55-9)56-10)32-58-60(46(4,5)6,35-27-19-13-20-28-35)36-29-21-14-22-30-36/h11-30,37-42H,31-32H2,1-10H3/t37-,38-,39-,40+,41-,42-,47-,48+/m0/s1. The Morgan fingerprint density at radius 2 is 0.683 bits per heavy atom. The number of ether oxygens (including phenoxy) is 4. The number of carbonyl (C=O) groups is 2. The summed E-state index contributed by atoms with van der Waals surface area (Å²) in [4.78, 5) is 30.9. The first-order valence-electron chi connectivity index (χ1n) is 21.4. The maximum Gasteiger partial charge on any atom is 0.261 e. The van der Waals surface area contributed by atoms with E-state index < -0.39 is 62.7 Å². The van der Waals surface area contributed by atoms with Crippen molar-refractivity contribution in [1.82, 2.24) is 0 Å². The fourth-order valence-electron chi connectivity index (χ4n) is 14.4. The zero-order valence-corrected chi connectivity index (χ0v) is 38.7. The fraction of sp³-hybridized carbons (Fsp3) is 0.480. The van der Waals surface area contributed by atoms with Crippen molar-refractivity contribution in [2.75, 3.05) is 41.7 Å². The van der Waals surface area contributed by atoms with E-state index in [1.54, 1.807) is 28.4 Å². The summed E-state index contributed by atoms with van der Waals surface area (Å²) in [5.41, 5.74) is -1.49. The SMILES string of the molecule is COC1(OC)C(=O)[C@@H]2[C@@H]3[C@@H]4[C@@H]1[C@H]1[C@@H](C(=O)C4(OC)OC)[C@]3(CO[Si](c3ccccc3)(c3ccccc3)C(C)(C)C)[C@@]12CO[Si](c1ccccc1)(c1ccccc1)C(C)(C)C. The zero-order chi connectivity index (χ0) is 42.7. The van der Waals surface area contributed by atoms with Gasteiger partial charge >= 0.3 is 0 Å². The second kappa shape index (κ2) is 14.0. The summed E-state index contributed by atoms with van der Waals surface area (Å²) in [6, 6.07) is 42.5. The van der Waals surface area contributed by atoms with E-state index in [2.05, 4.69) is 139 Å². The molecule has 0 aliphatic heterocycles. The van der Waals surface area contributed by atoms with Gasteiger partial charge in [-0.2, -0.15) is 0 Å². The first-order valence-corrected chi connectivity index (χ1v) is 25.2. The Bertz CT molecular complexity index is 2010. The third kappa shape index (κ3) is 4.72. The average Bonchev–Trinajstić information content (AvgIpc) is 3.25. The molecule has 316 valence electrons. The van der Waals surface area contributed by atoms with E-state index >= 15 is 9.59 Å². The molecular weight excluding hydrogens is 785 g/mol. The predicted octanol–water partition coefficient (Wildman–Crippen LogP) is 5.99. The first-order chi connectivity index (χ1) is 28.6. The molecule has 8 atom stereocenters. The third-order valence-corrected chi connectivity index (χ3v) is 26.2. The van der Waals surface area contributed by atoms with Crippen LogP contribution in [0.2, 0.25) is 10.1 Å². The van der Waals surface area contributed by atoms with Gasteiger partial charge in [0.25, 0.3) is 16.6 Å². The highest BCUT2D eigenvalue weighted by Gasteiger charge is 3.03. The van der Waals surface area contributed by atoms with Crippen molar-refractivity contribution in [2.45, 2.75) is 63.2 Å². The van der Waals surface area contributed by atoms with Gasteiger partial charge in [-0.05, 0) is 42.7 Å². The molecule has 8 fully saturated rings. The van der Waals surface area contributed by atoms with Crippen molar-refractivity contribution in [3.8, 4) is 0 Å². The normalized spacial score (nSPS) is 30.8. The summed E-state index contributed by atoms with van der Waals surface area (Å²) in [6.07, 6.45) is 0. The summed E-state index contributed by atoms with van der Waals surface area (Å²) in [7, 11) is -0.0306. The fourth-order valence-corrected chi connectivity index (χ4v) is 23.6. The highest BCUT2D eigenvalue weighted by atomic mass is 28.4. The minimum absolute atomic E-state index is 0.0870. The zero-order valence-electron chi connectivity index (χ0n) is 36.7. The summed E-state index contributed by atoms with van der Waals surface area (Å²) in [5.74, 6) is -6.05. The van der Waals surface area contributed by atoms with Gasteiger partial charge in [-0.25, -0.2) is 0 Å². The smallest absolute Gasteiger partial charge is 0.261 e. The Labute approximate surface area is 357 Å². The second-order valence-electron chi connectivity index (χ2n) is 19.9. The van der Waals surface area contributed by atoms with Crippen LogP contribution in [0, 0.1) is 46.3 Å². The highest BCUT2D eigenvalue weighted by molar-refractivity contribution is 7.00. The number of hydrogen-bond acceptors (Lipinski definition) is 8. The molecule has 0 spiro atoms. The van der Waals surface area contributed by atoms with Gasteiger partial charge < -0.3 is 27.8 Å². The quantitative estimate of drug-likeness (QED) is 0.113. The molecule has 10 heteroatoms. The molecule has 0 aromatic heterocycles. The second-order valence-corrected chi connectivity index (χ2v) is 28.5. The molecule has 0 amide bonds. The number of carbonyl (C=O) groups excluding carboxylic acids is 2. The molecule has 12 rings (SSSR count). The molecular formula is C50H60O8Si2. The van der Waals surface area contributed by atoms with Gasteiger partial charge in [-0.15, -0.1) is 0 Å². The Kier molecular flexibility index (Phi) is 9.71. The Morgan fingerprint density at radius 3 is 0.900 bits per heavy atom. The van der Waals surface area contributed by atoms with Crippen molar-refractivity contribution in [3.05, 3.63) is 121 Å². The van der Waals surface area contributed by atoms with Crippen molar-refractivity contribution in [2.24, 2.45) is 46.3 Å². The van der Waals surface area contributed by atoms with E-state index in [0.29, 0.717) is 0 Å². The minimum Gasteiger partial charge on any atom is -0.407 e. The van der Waals surface area contributed by atoms with E-state index in [1.807, 2.05) is 24.3 Å². The topological polar surface area (TPSA) is 89.5 Å². The van der Waals surface area contributed by atoms with Crippen molar-refractivity contribution < 1.29 is 37.4 Å². The van der Waals surface area contributed by atoms with E-state index in [-0.39, 0.29) is 46.7 Å². The summed E-state index contributed by atoms with van der Waals surface area (Å²) in [6.45, 7) is 14.2. The van der Waals surface area contributed by atoms with Crippen molar-refractivity contribution in [1.29, 1.82) is 0 Å². The van der Waals surface area contributed by atoms with E-state index in [0.717, 1.165) is 20.7 Å². The molecule has 8 bridgehead atoms. The maximum absolute atomic E-state index is 15.4. The van der Waals surface area contributed by atoms with Gasteiger partial charge in [-0.1, -0.05) is 163 Å². The molecule has 4 aromatic rings. The molecule has 8 saturated carbocycles. The predicted molar refractivity (Wildman–Crippen MR) is 236 cm³/mol. The molecule has 8 aliphatic carbocycles. The molecule has 0 N–H and O–H groups in total. The van der Waals surface area contributed by atoms with Crippen LogP contribution in [0.5, 0.6) is 0 Å². The monoisotopic (exact) mass is 844 g/mol. The first kappa shape index (κ1) is 41.8. The number of benzene rings is 4. The molecule has 0 heterocycles. The van der Waals surface area contributed by atoms with E-state index in [1.165, 1.54) is 0 Å². The molecule has 8 nitrogen and oxygen atoms in total. The van der Waals surface area contributed by atoms with Crippen LogP contribution >= 0.6 is 0 Å². The number of hydrogen-bond donors (Lipinski definition) is 0. The number of fused-ring (bicyclic) bond motifs is 2. The van der Waals surface area contributed by atoms with Crippen molar-refractivity contribution in [3.63, 3.8) is 0 Å². The number of ketones is 2. The average molecular weight is 845 g/mol. The van der Waals surface area contributed by atoms with Crippen LogP contribution in [0.4, 0.5) is 0 Å². The summed E-state index contributed by atoms with van der Waals surface area (Å²) in [5, 5.41) is 4.02. The molecule has 0 unspecified atom stereocenters. The van der Waals surface area contributed by atoms with Crippen LogP contribution in [0.15, 0.2) is 121 Å². The van der Waals surface area contributed by atoms with Gasteiger partial charge in [0.1, 0.15) is 0 Å². The van der Waals surface area contributed by atoms with Crippen LogP contribution in [-0.4, -0.2) is 81.4 Å². The Hall–Kier alpha value is -3.59. The van der Waals surface area contributed by atoms with Crippen LogP contribution in [0.1, 0.15) is 41.5 Å². The number of rotatable bonds is 14. The van der Waals surface area contributed by atoms with Crippen LogP contribution in [-0.2, 0) is 37.4 Å². The number of methoxy groups -OCH3 is 4. The summed E-state index contributed by atoms with van der Waals surface area (Å²) >= 11 is 0. The van der Waals surface area contributed by atoms with Gasteiger partial charge in [0.2, 0.25) is 11.6 Å². The number of Topliss-reactive ketones (excluding diaryl/α,β-unsaturated/α-hetero) is 2. The molecule has 0 radical (unpaired) electrons. The third-order valence-electron chi connectivity index (χ3n) is 16.3. The summed E-state index contributed by atoms with van der Waals surface area (Å²) < 4.78 is 40.8. The lowest BCUT2D eigenvalue weighted by atomic mass is 9.08. The molecule has 8 aliphatic rings. The van der Waals surface area contributed by atoms with Crippen LogP contribution in [0.3, 0.4) is 0 Å². The molecule has 4 aromatic carbocycles. The Morgan fingerprint density at radius 1 is 0.433 bits per heavy atom. The Balaban J connectivity index is 1.27. The van der Waals surface area contributed by atoms with Gasteiger partial charge in [0.05, 0.1) is 0 Å². The lowest BCUT2D eigenvalue weighted by Crippen LogP contribution is -3.02. The van der Waals surface area contributed by atoms with E-state index in [9.17, 15) is 0 Å². The van der Waals surface area contributed by atoms with E-state index in [4.69, 9.17) is 27.8 Å².